The van der Waals surface area contributed by atoms with Gasteiger partial charge in [0.15, 0.2) is 0 Å². The molecule has 0 saturated carbocycles. The molecule has 0 aromatic heterocycles. The lowest BCUT2D eigenvalue weighted by molar-refractivity contribution is -0.123. The van der Waals surface area contributed by atoms with Crippen molar-refractivity contribution in [2.24, 2.45) is 0 Å². The van der Waals surface area contributed by atoms with Gasteiger partial charge < -0.3 is 10.6 Å². The van der Waals surface area contributed by atoms with Crippen molar-refractivity contribution in [3.8, 4) is 0 Å². The highest BCUT2D eigenvalue weighted by Crippen LogP contribution is 2.07. The molecule has 0 aromatic rings. The summed E-state index contributed by atoms with van der Waals surface area (Å²) in [7, 11) is 0. The second kappa shape index (κ2) is 9.77. The average molecular weight is 258 g/mol. The molecule has 1 atom stereocenters. The molecule has 0 aliphatic carbocycles. The van der Waals surface area contributed by atoms with Crippen LogP contribution < -0.4 is 10.6 Å². The largest absolute Gasteiger partial charge is 0.355 e. The van der Waals surface area contributed by atoms with E-state index in [4.69, 9.17) is 0 Å². The number of nitrogens with one attached hydrogen (secondary N) is 2. The van der Waals surface area contributed by atoms with Crippen LogP contribution in [-0.2, 0) is 4.79 Å². The molecule has 1 aliphatic heterocycles. The van der Waals surface area contributed by atoms with Crippen molar-refractivity contribution >= 4 is 17.7 Å². The third-order valence-corrected chi connectivity index (χ3v) is 3.90. The number of hydrogen-bond donors (Lipinski definition) is 2. The Hall–Kier alpha value is -0.220. The maximum atomic E-state index is 11.8. The van der Waals surface area contributed by atoms with Crippen molar-refractivity contribution in [2.45, 2.75) is 51.0 Å². The number of amides is 1. The molecule has 0 radical (unpaired) electrons. The molecule has 100 valence electrons. The van der Waals surface area contributed by atoms with Crippen LogP contribution in [0.3, 0.4) is 0 Å². The quantitative estimate of drug-likeness (QED) is 0.656. The minimum Gasteiger partial charge on any atom is -0.355 e. The Balaban J connectivity index is 1.92. The smallest absolute Gasteiger partial charge is 0.237 e. The summed E-state index contributed by atoms with van der Waals surface area (Å²) in [6, 6.07) is 0.0697. The van der Waals surface area contributed by atoms with E-state index < -0.39 is 0 Å². The van der Waals surface area contributed by atoms with Gasteiger partial charge in [0.2, 0.25) is 5.91 Å². The number of unbranched alkanes of at least 4 members (excludes halogenated alkanes) is 3. The van der Waals surface area contributed by atoms with Crippen LogP contribution in [0.5, 0.6) is 0 Å². The Labute approximate surface area is 109 Å². The lowest BCUT2D eigenvalue weighted by atomic mass is 10.0. The predicted molar refractivity (Wildman–Crippen MR) is 75.5 cm³/mol. The summed E-state index contributed by atoms with van der Waals surface area (Å²) < 4.78 is 0. The van der Waals surface area contributed by atoms with Crippen LogP contribution in [0.15, 0.2) is 0 Å². The number of carbonyl (C=O) groups excluding carboxylic acids is 1. The van der Waals surface area contributed by atoms with Gasteiger partial charge in [0.25, 0.3) is 0 Å². The van der Waals surface area contributed by atoms with Crippen molar-refractivity contribution in [3.05, 3.63) is 0 Å². The van der Waals surface area contributed by atoms with E-state index in [0.29, 0.717) is 0 Å². The topological polar surface area (TPSA) is 41.1 Å². The highest BCUT2D eigenvalue weighted by molar-refractivity contribution is 7.98. The second-order valence-electron chi connectivity index (χ2n) is 4.70. The van der Waals surface area contributed by atoms with E-state index in [-0.39, 0.29) is 11.9 Å². The molecule has 0 bridgehead atoms. The molecule has 3 nitrogen and oxygen atoms in total. The number of thioether (sulfide) groups is 1. The van der Waals surface area contributed by atoms with Gasteiger partial charge in [-0.05, 0) is 44.2 Å². The Bertz CT molecular complexity index is 206. The first-order valence-corrected chi connectivity index (χ1v) is 8.24. The van der Waals surface area contributed by atoms with Gasteiger partial charge in [-0.3, -0.25) is 4.79 Å². The molecule has 1 unspecified atom stereocenters. The van der Waals surface area contributed by atoms with Crippen molar-refractivity contribution in [3.63, 3.8) is 0 Å². The van der Waals surface area contributed by atoms with Crippen LogP contribution in [0.25, 0.3) is 0 Å². The fourth-order valence-electron chi connectivity index (χ4n) is 2.14. The molecule has 1 heterocycles. The number of carbonyl (C=O) groups is 1. The predicted octanol–water partition coefficient (Wildman–Crippen LogP) is 2.17. The van der Waals surface area contributed by atoms with Gasteiger partial charge in [0.05, 0.1) is 6.04 Å². The van der Waals surface area contributed by atoms with Gasteiger partial charge in [-0.2, -0.15) is 11.8 Å². The van der Waals surface area contributed by atoms with Gasteiger partial charge in [0, 0.05) is 6.54 Å². The summed E-state index contributed by atoms with van der Waals surface area (Å²) >= 11 is 1.91. The molecule has 1 saturated heterocycles. The first-order valence-electron chi connectivity index (χ1n) is 6.84. The van der Waals surface area contributed by atoms with Gasteiger partial charge in [0.1, 0.15) is 0 Å². The molecular formula is C13H26N2OS. The van der Waals surface area contributed by atoms with Gasteiger partial charge in [-0.15, -0.1) is 0 Å². The zero-order valence-electron chi connectivity index (χ0n) is 11.0. The lowest BCUT2D eigenvalue weighted by Crippen LogP contribution is -2.46. The third kappa shape index (κ3) is 6.94. The Morgan fingerprint density at radius 2 is 2.12 bits per heavy atom. The van der Waals surface area contributed by atoms with E-state index in [1.165, 1.54) is 37.9 Å². The van der Waals surface area contributed by atoms with Crippen LogP contribution in [-0.4, -0.2) is 37.0 Å². The van der Waals surface area contributed by atoms with Gasteiger partial charge in [-0.1, -0.05) is 19.3 Å². The van der Waals surface area contributed by atoms with E-state index in [0.717, 1.165) is 25.9 Å². The van der Waals surface area contributed by atoms with Crippen molar-refractivity contribution < 1.29 is 4.79 Å². The summed E-state index contributed by atoms with van der Waals surface area (Å²) in [5.74, 6) is 1.46. The molecule has 17 heavy (non-hydrogen) atoms. The molecule has 0 aromatic carbocycles. The van der Waals surface area contributed by atoms with E-state index in [1.807, 2.05) is 11.8 Å². The standard InChI is InChI=1S/C13H26N2OS/c1-17-11-7-3-2-5-10-15-13(16)12-8-4-6-9-14-12/h12,14H,2-11H2,1H3,(H,15,16). The average Bonchev–Trinajstić information content (AvgIpc) is 2.38. The summed E-state index contributed by atoms with van der Waals surface area (Å²) in [6.45, 7) is 1.84. The van der Waals surface area contributed by atoms with Gasteiger partial charge in [-0.25, -0.2) is 0 Å². The fourth-order valence-corrected chi connectivity index (χ4v) is 2.63. The Morgan fingerprint density at radius 1 is 1.29 bits per heavy atom. The molecule has 2 N–H and O–H groups in total. The number of hydrogen-bond acceptors (Lipinski definition) is 3. The highest BCUT2D eigenvalue weighted by atomic mass is 32.2. The Morgan fingerprint density at radius 3 is 2.82 bits per heavy atom. The molecule has 1 aliphatic rings. The summed E-state index contributed by atoms with van der Waals surface area (Å²) in [5, 5.41) is 6.31. The SMILES string of the molecule is CSCCCCCCNC(=O)C1CCCCN1. The molecule has 0 spiro atoms. The first kappa shape index (κ1) is 14.8. The minimum atomic E-state index is 0.0697. The maximum Gasteiger partial charge on any atom is 0.237 e. The van der Waals surface area contributed by atoms with Gasteiger partial charge >= 0.3 is 0 Å². The molecular weight excluding hydrogens is 232 g/mol. The van der Waals surface area contributed by atoms with Crippen molar-refractivity contribution in [2.75, 3.05) is 25.1 Å². The lowest BCUT2D eigenvalue weighted by Gasteiger charge is -2.22. The monoisotopic (exact) mass is 258 g/mol. The van der Waals surface area contributed by atoms with Crippen LogP contribution in [0, 0.1) is 0 Å². The number of rotatable bonds is 8. The molecule has 1 rings (SSSR count). The minimum absolute atomic E-state index is 0.0697. The highest BCUT2D eigenvalue weighted by Gasteiger charge is 2.19. The van der Waals surface area contributed by atoms with E-state index in [9.17, 15) is 4.79 Å². The van der Waals surface area contributed by atoms with E-state index >= 15 is 0 Å². The first-order chi connectivity index (χ1) is 8.34. The zero-order valence-corrected chi connectivity index (χ0v) is 11.8. The van der Waals surface area contributed by atoms with Crippen LogP contribution in [0.2, 0.25) is 0 Å². The molecule has 1 amide bonds. The van der Waals surface area contributed by atoms with Crippen LogP contribution in [0.1, 0.15) is 44.9 Å². The van der Waals surface area contributed by atoms with Crippen LogP contribution in [0.4, 0.5) is 0 Å². The molecule has 4 heteroatoms. The van der Waals surface area contributed by atoms with Crippen molar-refractivity contribution in [1.82, 2.24) is 10.6 Å². The normalized spacial score (nSPS) is 20.2. The maximum absolute atomic E-state index is 11.8. The Kier molecular flexibility index (Phi) is 8.53. The zero-order chi connectivity index (χ0) is 12.3. The van der Waals surface area contributed by atoms with Crippen molar-refractivity contribution in [1.29, 1.82) is 0 Å². The van der Waals surface area contributed by atoms with E-state index in [1.54, 1.807) is 0 Å². The second-order valence-corrected chi connectivity index (χ2v) is 5.69. The number of piperidine rings is 1. The fraction of sp³-hybridized carbons (Fsp3) is 0.923. The van der Waals surface area contributed by atoms with Crippen LogP contribution >= 0.6 is 11.8 Å². The third-order valence-electron chi connectivity index (χ3n) is 3.20. The summed E-state index contributed by atoms with van der Waals surface area (Å²) in [6.07, 6.45) is 10.5. The summed E-state index contributed by atoms with van der Waals surface area (Å²) in [4.78, 5) is 11.8. The summed E-state index contributed by atoms with van der Waals surface area (Å²) in [5.41, 5.74) is 0. The van der Waals surface area contributed by atoms with E-state index in [2.05, 4.69) is 16.9 Å². The molecule has 1 fully saturated rings.